The second-order valence-corrected chi connectivity index (χ2v) is 8.54. The molecule has 1 aliphatic rings. The Kier molecular flexibility index (Phi) is 4.46. The number of rotatable bonds is 5. The summed E-state index contributed by atoms with van der Waals surface area (Å²) in [6.07, 6.45) is 4.50. The van der Waals surface area contributed by atoms with Crippen molar-refractivity contribution >= 4 is 20.9 Å². The van der Waals surface area contributed by atoms with E-state index in [0.29, 0.717) is 17.2 Å². The molecule has 1 fully saturated rings. The number of hydrogen-bond donors (Lipinski definition) is 1. The zero-order chi connectivity index (χ0) is 18.1. The number of hydrogen-bond acceptors (Lipinski definition) is 3. The van der Waals surface area contributed by atoms with Crippen molar-refractivity contribution in [3.63, 3.8) is 0 Å². The molecule has 26 heavy (non-hydrogen) atoms. The van der Waals surface area contributed by atoms with Crippen LogP contribution in [-0.2, 0) is 16.4 Å². The van der Waals surface area contributed by atoms with Gasteiger partial charge in [0.05, 0.1) is 12.0 Å². The maximum atomic E-state index is 13.1. The van der Waals surface area contributed by atoms with E-state index in [1.54, 1.807) is 35.7 Å². The van der Waals surface area contributed by atoms with Gasteiger partial charge in [-0.3, -0.25) is 0 Å². The lowest BCUT2D eigenvalue weighted by molar-refractivity contribution is 0.386. The fraction of sp³-hybridized carbons (Fsp3) is 0.300. The van der Waals surface area contributed by atoms with E-state index < -0.39 is 10.0 Å². The molecular weight excluding hydrogens is 348 g/mol. The molecule has 1 aliphatic heterocycles. The Bertz CT molecular complexity index is 1010. The number of H-pyrrole nitrogens is 1. The molecule has 0 radical (unpaired) electrons. The Morgan fingerprint density at radius 1 is 1.15 bits per heavy atom. The summed E-state index contributed by atoms with van der Waals surface area (Å²) in [6, 6.07) is 14.7. The summed E-state index contributed by atoms with van der Waals surface area (Å²) >= 11 is 0. The van der Waals surface area contributed by atoms with Gasteiger partial charge in [0.15, 0.2) is 0 Å². The lowest BCUT2D eigenvalue weighted by Crippen LogP contribution is -2.36. The Morgan fingerprint density at radius 2 is 1.92 bits per heavy atom. The highest BCUT2D eigenvalue weighted by Gasteiger charge is 2.35. The van der Waals surface area contributed by atoms with Crippen LogP contribution in [-0.4, -0.2) is 37.4 Å². The molecule has 0 amide bonds. The van der Waals surface area contributed by atoms with Crippen LogP contribution in [0.15, 0.2) is 59.6 Å². The van der Waals surface area contributed by atoms with Gasteiger partial charge < -0.3 is 9.72 Å². The molecule has 1 saturated heterocycles. The molecule has 1 aromatic heterocycles. The van der Waals surface area contributed by atoms with E-state index in [4.69, 9.17) is 4.74 Å². The van der Waals surface area contributed by atoms with Crippen LogP contribution in [0.25, 0.3) is 10.9 Å². The topological polar surface area (TPSA) is 62.4 Å². The normalized spacial score (nSPS) is 18.4. The number of methoxy groups -OCH3 is 1. The van der Waals surface area contributed by atoms with Gasteiger partial charge in [-0.1, -0.05) is 18.2 Å². The number of para-hydroxylation sites is 1. The van der Waals surface area contributed by atoms with Crippen molar-refractivity contribution in [1.29, 1.82) is 0 Å². The summed E-state index contributed by atoms with van der Waals surface area (Å²) in [5, 5.41) is 1.17. The monoisotopic (exact) mass is 370 g/mol. The zero-order valence-corrected chi connectivity index (χ0v) is 15.5. The van der Waals surface area contributed by atoms with Crippen molar-refractivity contribution in [1.82, 2.24) is 9.29 Å². The predicted molar refractivity (Wildman–Crippen MR) is 102 cm³/mol. The van der Waals surface area contributed by atoms with Crippen molar-refractivity contribution in [3.05, 3.63) is 60.3 Å². The van der Waals surface area contributed by atoms with Gasteiger partial charge in [-0.15, -0.1) is 0 Å². The number of nitrogens with one attached hydrogen (secondary N) is 1. The first kappa shape index (κ1) is 17.1. The summed E-state index contributed by atoms with van der Waals surface area (Å²) in [6.45, 7) is 0.571. The first-order chi connectivity index (χ1) is 12.6. The molecule has 6 heteroatoms. The van der Waals surface area contributed by atoms with Gasteiger partial charge in [-0.25, -0.2) is 8.42 Å². The second kappa shape index (κ2) is 6.78. The summed E-state index contributed by atoms with van der Waals surface area (Å²) in [4.78, 5) is 3.60. The van der Waals surface area contributed by atoms with Gasteiger partial charge in [0.25, 0.3) is 0 Å². The minimum absolute atomic E-state index is 0.0127. The molecular formula is C20H22N2O3S. The Hall–Kier alpha value is -2.31. The van der Waals surface area contributed by atoms with Crippen molar-refractivity contribution in [2.45, 2.75) is 30.2 Å². The molecule has 1 N–H and O–H groups in total. The summed E-state index contributed by atoms with van der Waals surface area (Å²) in [5.41, 5.74) is 2.26. The third kappa shape index (κ3) is 2.99. The fourth-order valence-corrected chi connectivity index (χ4v) is 5.46. The highest BCUT2D eigenvalue weighted by molar-refractivity contribution is 7.89. The standard InChI is InChI=1S/C20H22N2O3S/c1-25-17-8-10-18(11-9-17)26(23,24)22-12-4-5-16(22)13-15-14-21-20-7-3-2-6-19(15)20/h2-3,6-11,14,16,21H,4-5,12-13H2,1H3. The lowest BCUT2D eigenvalue weighted by atomic mass is 10.0. The highest BCUT2D eigenvalue weighted by Crippen LogP contribution is 2.30. The first-order valence-electron chi connectivity index (χ1n) is 8.80. The molecule has 0 bridgehead atoms. The number of sulfonamides is 1. The minimum atomic E-state index is -3.50. The highest BCUT2D eigenvalue weighted by atomic mass is 32.2. The predicted octanol–water partition coefficient (Wildman–Crippen LogP) is 3.57. The number of nitrogens with zero attached hydrogens (tertiary/aromatic N) is 1. The SMILES string of the molecule is COc1ccc(S(=O)(=O)N2CCCC2Cc2c[nH]c3ccccc23)cc1. The van der Waals surface area contributed by atoms with Crippen LogP contribution in [0.1, 0.15) is 18.4 Å². The quantitative estimate of drug-likeness (QED) is 0.747. The van der Waals surface area contributed by atoms with Gasteiger partial charge in [0.2, 0.25) is 10.0 Å². The summed E-state index contributed by atoms with van der Waals surface area (Å²) < 4.78 is 33.0. The maximum Gasteiger partial charge on any atom is 0.243 e. The third-order valence-corrected chi connectivity index (χ3v) is 7.09. The summed E-state index contributed by atoms with van der Waals surface area (Å²) in [5.74, 6) is 0.653. The van der Waals surface area contributed by atoms with Crippen molar-refractivity contribution in [2.75, 3.05) is 13.7 Å². The molecule has 3 aromatic rings. The number of fused-ring (bicyclic) bond motifs is 1. The number of aromatic nitrogens is 1. The van der Waals surface area contributed by atoms with Crippen LogP contribution >= 0.6 is 0 Å². The molecule has 5 nitrogen and oxygen atoms in total. The van der Waals surface area contributed by atoms with Gasteiger partial charge in [0.1, 0.15) is 5.75 Å². The van der Waals surface area contributed by atoms with Crippen molar-refractivity contribution in [2.24, 2.45) is 0 Å². The molecule has 136 valence electrons. The van der Waals surface area contributed by atoms with Crippen LogP contribution in [0.2, 0.25) is 0 Å². The molecule has 0 aliphatic carbocycles. The van der Waals surface area contributed by atoms with Crippen molar-refractivity contribution in [3.8, 4) is 5.75 Å². The average Bonchev–Trinajstić information content (AvgIpc) is 3.30. The Balaban J connectivity index is 1.61. The van der Waals surface area contributed by atoms with Gasteiger partial charge in [0, 0.05) is 29.7 Å². The molecule has 2 aromatic carbocycles. The van der Waals surface area contributed by atoms with Crippen LogP contribution in [0.3, 0.4) is 0 Å². The molecule has 4 rings (SSSR count). The molecule has 1 atom stereocenters. The van der Waals surface area contributed by atoms with Gasteiger partial charge in [-0.05, 0) is 55.2 Å². The fourth-order valence-electron chi connectivity index (χ4n) is 3.77. The largest absolute Gasteiger partial charge is 0.497 e. The van der Waals surface area contributed by atoms with E-state index in [1.807, 2.05) is 24.4 Å². The second-order valence-electron chi connectivity index (χ2n) is 6.65. The maximum absolute atomic E-state index is 13.1. The number of aromatic amines is 1. The minimum Gasteiger partial charge on any atom is -0.497 e. The van der Waals surface area contributed by atoms with E-state index in [9.17, 15) is 8.42 Å². The third-order valence-electron chi connectivity index (χ3n) is 5.12. The van der Waals surface area contributed by atoms with Crippen LogP contribution in [0.5, 0.6) is 5.75 Å². The van der Waals surface area contributed by atoms with Gasteiger partial charge >= 0.3 is 0 Å². The molecule has 0 saturated carbocycles. The van der Waals surface area contributed by atoms with Crippen LogP contribution < -0.4 is 4.74 Å². The smallest absolute Gasteiger partial charge is 0.243 e. The van der Waals surface area contributed by atoms with Crippen LogP contribution in [0.4, 0.5) is 0 Å². The van der Waals surface area contributed by atoms with Crippen molar-refractivity contribution < 1.29 is 13.2 Å². The number of benzene rings is 2. The van der Waals surface area contributed by atoms with E-state index in [1.165, 1.54) is 10.9 Å². The number of ether oxygens (including phenoxy) is 1. The van der Waals surface area contributed by atoms with Gasteiger partial charge in [-0.2, -0.15) is 4.31 Å². The zero-order valence-electron chi connectivity index (χ0n) is 14.7. The van der Waals surface area contributed by atoms with E-state index in [-0.39, 0.29) is 6.04 Å². The average molecular weight is 370 g/mol. The van der Waals surface area contributed by atoms with Crippen LogP contribution in [0, 0.1) is 0 Å². The lowest BCUT2D eigenvalue weighted by Gasteiger charge is -2.24. The molecule has 2 heterocycles. The van der Waals surface area contributed by atoms with E-state index >= 15 is 0 Å². The molecule has 0 spiro atoms. The van der Waals surface area contributed by atoms with E-state index in [0.717, 1.165) is 24.8 Å². The molecule has 1 unspecified atom stereocenters. The summed E-state index contributed by atoms with van der Waals surface area (Å²) in [7, 11) is -1.93. The first-order valence-corrected chi connectivity index (χ1v) is 10.2. The van der Waals surface area contributed by atoms with E-state index in [2.05, 4.69) is 11.1 Å². The Morgan fingerprint density at radius 3 is 2.69 bits per heavy atom. The Labute approximate surface area is 153 Å².